The van der Waals surface area contributed by atoms with E-state index < -0.39 is 11.4 Å². The number of rotatable bonds is 5. The first-order valence-corrected chi connectivity index (χ1v) is 8.60. The summed E-state index contributed by atoms with van der Waals surface area (Å²) in [6.45, 7) is 0.665. The second-order valence-electron chi connectivity index (χ2n) is 7.31. The highest BCUT2D eigenvalue weighted by molar-refractivity contribution is 5.83. The molecule has 2 aromatic rings. The van der Waals surface area contributed by atoms with E-state index in [1.807, 2.05) is 18.2 Å². The van der Waals surface area contributed by atoms with E-state index in [2.05, 4.69) is 11.4 Å². The normalized spacial score (nSPS) is 29.0. The number of ether oxygens (including phenoxy) is 1. The fourth-order valence-corrected chi connectivity index (χ4v) is 4.38. The van der Waals surface area contributed by atoms with Gasteiger partial charge in [-0.15, -0.1) is 0 Å². The van der Waals surface area contributed by atoms with Crippen LogP contribution in [0.1, 0.15) is 44.3 Å². The van der Waals surface area contributed by atoms with Gasteiger partial charge in [0.1, 0.15) is 5.76 Å². The Balaban J connectivity index is 1.47. The number of hydrogen-bond donors (Lipinski definition) is 2. The van der Waals surface area contributed by atoms with Gasteiger partial charge in [-0.05, 0) is 50.7 Å². The number of furan rings is 1. The Labute approximate surface area is 141 Å². The summed E-state index contributed by atoms with van der Waals surface area (Å²) in [7, 11) is 1.65. The summed E-state index contributed by atoms with van der Waals surface area (Å²) in [6.07, 6.45) is 5.14. The van der Waals surface area contributed by atoms with Crippen LogP contribution in [0.2, 0.25) is 0 Å². The highest BCUT2D eigenvalue weighted by atomic mass is 16.5. The number of nitrogens with one attached hydrogen (secondary N) is 1. The second kappa shape index (κ2) is 5.52. The molecule has 1 aromatic carbocycles. The molecule has 128 valence electrons. The summed E-state index contributed by atoms with van der Waals surface area (Å²) in [4.78, 5) is 11.5. The molecule has 0 spiro atoms. The zero-order valence-electron chi connectivity index (χ0n) is 13.9. The lowest BCUT2D eigenvalue weighted by molar-refractivity contribution is -0.156. The van der Waals surface area contributed by atoms with Gasteiger partial charge < -0.3 is 19.6 Å². The monoisotopic (exact) mass is 329 g/mol. The maximum absolute atomic E-state index is 11.5. The third kappa shape index (κ3) is 2.38. The van der Waals surface area contributed by atoms with Crippen LogP contribution in [0.4, 0.5) is 0 Å². The van der Waals surface area contributed by atoms with Crippen molar-refractivity contribution in [3.63, 3.8) is 0 Å². The predicted octanol–water partition coefficient (Wildman–Crippen LogP) is 3.71. The average Bonchev–Trinajstić information content (AvgIpc) is 3.05. The van der Waals surface area contributed by atoms with E-state index in [1.54, 1.807) is 7.11 Å². The van der Waals surface area contributed by atoms with E-state index >= 15 is 0 Å². The van der Waals surface area contributed by atoms with E-state index in [1.165, 1.54) is 0 Å². The zero-order valence-corrected chi connectivity index (χ0v) is 13.9. The van der Waals surface area contributed by atoms with Crippen molar-refractivity contribution in [2.24, 2.45) is 5.41 Å². The molecule has 0 aliphatic heterocycles. The Bertz CT molecular complexity index is 754. The van der Waals surface area contributed by atoms with Crippen molar-refractivity contribution in [2.75, 3.05) is 7.11 Å². The van der Waals surface area contributed by atoms with Crippen LogP contribution in [-0.2, 0) is 11.3 Å². The molecule has 3 aliphatic carbocycles. The Kier molecular flexibility index (Phi) is 3.57. The first-order valence-electron chi connectivity index (χ1n) is 8.60. The van der Waals surface area contributed by atoms with Crippen molar-refractivity contribution in [3.05, 3.63) is 30.0 Å². The number of carboxylic acids is 1. The van der Waals surface area contributed by atoms with Crippen molar-refractivity contribution in [1.82, 2.24) is 5.32 Å². The lowest BCUT2D eigenvalue weighted by Gasteiger charge is -2.51. The minimum Gasteiger partial charge on any atom is -0.493 e. The fourth-order valence-electron chi connectivity index (χ4n) is 4.38. The molecular formula is C19H23NO4. The van der Waals surface area contributed by atoms with Crippen molar-refractivity contribution < 1.29 is 19.1 Å². The maximum Gasteiger partial charge on any atom is 0.309 e. The van der Waals surface area contributed by atoms with Crippen molar-refractivity contribution >= 4 is 16.9 Å². The second-order valence-corrected chi connectivity index (χ2v) is 7.31. The summed E-state index contributed by atoms with van der Waals surface area (Å²) in [5.74, 6) is 1.03. The van der Waals surface area contributed by atoms with Crippen molar-refractivity contribution in [1.29, 1.82) is 0 Å². The molecule has 1 aromatic heterocycles. The van der Waals surface area contributed by atoms with Crippen LogP contribution >= 0.6 is 0 Å². The molecule has 5 rings (SSSR count). The van der Waals surface area contributed by atoms with Gasteiger partial charge in [-0.2, -0.15) is 0 Å². The van der Waals surface area contributed by atoms with Gasteiger partial charge in [0, 0.05) is 10.9 Å². The van der Waals surface area contributed by atoms with Crippen LogP contribution in [0.3, 0.4) is 0 Å². The van der Waals surface area contributed by atoms with Crippen LogP contribution in [0.5, 0.6) is 5.75 Å². The van der Waals surface area contributed by atoms with Gasteiger partial charge in [0.2, 0.25) is 0 Å². The summed E-state index contributed by atoms with van der Waals surface area (Å²) in [5.41, 5.74) is 0.391. The lowest BCUT2D eigenvalue weighted by atomic mass is 9.57. The molecule has 0 amide bonds. The molecule has 24 heavy (non-hydrogen) atoms. The number of aliphatic carboxylic acids is 1. The minimum atomic E-state index is -0.611. The van der Waals surface area contributed by atoms with E-state index in [0.717, 1.165) is 61.0 Å². The molecule has 0 saturated heterocycles. The Hall–Kier alpha value is -2.01. The number of carboxylic acid groups (broad SMARTS) is 1. The molecule has 5 nitrogen and oxygen atoms in total. The molecule has 0 atom stereocenters. The molecule has 2 bridgehead atoms. The lowest BCUT2D eigenvalue weighted by Crippen LogP contribution is -2.56. The van der Waals surface area contributed by atoms with Crippen molar-refractivity contribution in [2.45, 2.75) is 50.6 Å². The number of methoxy groups -OCH3 is 1. The Morgan fingerprint density at radius 3 is 2.58 bits per heavy atom. The quantitative estimate of drug-likeness (QED) is 0.875. The average molecular weight is 329 g/mol. The highest BCUT2D eigenvalue weighted by Gasteiger charge is 2.52. The zero-order chi connectivity index (χ0) is 16.8. The Morgan fingerprint density at radius 1 is 1.25 bits per heavy atom. The van der Waals surface area contributed by atoms with E-state index in [-0.39, 0.29) is 5.54 Å². The molecule has 3 saturated carbocycles. The minimum absolute atomic E-state index is 0.0697. The number of hydrogen-bond acceptors (Lipinski definition) is 4. The predicted molar refractivity (Wildman–Crippen MR) is 90.1 cm³/mol. The van der Waals surface area contributed by atoms with Gasteiger partial charge in [-0.3, -0.25) is 4.79 Å². The first-order chi connectivity index (χ1) is 11.6. The van der Waals surface area contributed by atoms with Crippen LogP contribution in [-0.4, -0.2) is 23.7 Å². The number of para-hydroxylation sites is 1. The standard InChI is InChI=1S/C19H23NO4/c1-23-15-4-2-3-13-11-14(24-16(13)15)12-20-19-8-5-18(6-9-19,7-10-19)17(21)22/h2-4,11,20H,5-10,12H2,1H3,(H,21,22). The molecule has 2 N–H and O–H groups in total. The van der Waals surface area contributed by atoms with Crippen LogP contribution < -0.4 is 10.1 Å². The third-order valence-electron chi connectivity index (χ3n) is 6.12. The molecule has 3 aliphatic rings. The van der Waals surface area contributed by atoms with Crippen LogP contribution in [0.25, 0.3) is 11.0 Å². The number of carbonyl (C=O) groups is 1. The van der Waals surface area contributed by atoms with Crippen molar-refractivity contribution in [3.8, 4) is 5.75 Å². The van der Waals surface area contributed by atoms with Crippen LogP contribution in [0, 0.1) is 5.41 Å². The van der Waals surface area contributed by atoms with E-state index in [9.17, 15) is 9.90 Å². The molecule has 3 fully saturated rings. The summed E-state index contributed by atoms with van der Waals surface area (Å²) >= 11 is 0. The van der Waals surface area contributed by atoms with E-state index in [0.29, 0.717) is 6.54 Å². The molecule has 0 unspecified atom stereocenters. The van der Waals surface area contributed by atoms with Gasteiger partial charge in [-0.25, -0.2) is 0 Å². The summed E-state index contributed by atoms with van der Waals surface area (Å²) in [5, 5.41) is 14.2. The number of fused-ring (bicyclic) bond motifs is 4. The maximum atomic E-state index is 11.5. The summed E-state index contributed by atoms with van der Waals surface area (Å²) in [6, 6.07) is 7.93. The summed E-state index contributed by atoms with van der Waals surface area (Å²) < 4.78 is 11.3. The van der Waals surface area contributed by atoms with Gasteiger partial charge in [0.25, 0.3) is 0 Å². The fraction of sp³-hybridized carbons (Fsp3) is 0.526. The van der Waals surface area contributed by atoms with Gasteiger partial charge in [0.05, 0.1) is 19.1 Å². The first kappa shape index (κ1) is 15.5. The third-order valence-corrected chi connectivity index (χ3v) is 6.12. The molecular weight excluding hydrogens is 306 g/mol. The van der Waals surface area contributed by atoms with Gasteiger partial charge in [0.15, 0.2) is 11.3 Å². The molecule has 0 radical (unpaired) electrons. The molecule has 5 heteroatoms. The van der Waals surface area contributed by atoms with E-state index in [4.69, 9.17) is 9.15 Å². The Morgan fingerprint density at radius 2 is 1.96 bits per heavy atom. The topological polar surface area (TPSA) is 71.7 Å². The largest absolute Gasteiger partial charge is 0.493 e. The molecule has 1 heterocycles. The highest BCUT2D eigenvalue weighted by Crippen LogP contribution is 2.52. The smallest absolute Gasteiger partial charge is 0.309 e. The SMILES string of the molecule is COc1cccc2cc(CNC34CCC(C(=O)O)(CC3)CC4)oc12. The number of benzene rings is 1. The van der Waals surface area contributed by atoms with Gasteiger partial charge in [-0.1, -0.05) is 12.1 Å². The van der Waals surface area contributed by atoms with Gasteiger partial charge >= 0.3 is 5.97 Å². The van der Waals surface area contributed by atoms with Crippen LogP contribution in [0.15, 0.2) is 28.7 Å².